The van der Waals surface area contributed by atoms with Crippen LogP contribution in [0.3, 0.4) is 0 Å². The Hall–Kier alpha value is -4.21. The van der Waals surface area contributed by atoms with E-state index < -0.39 is 0 Å². The highest BCUT2D eigenvalue weighted by Gasteiger charge is 2.24. The van der Waals surface area contributed by atoms with Gasteiger partial charge in [-0.25, -0.2) is 0 Å². The average Bonchev–Trinajstić information content (AvgIpc) is 2.93. The van der Waals surface area contributed by atoms with Crippen LogP contribution in [0.4, 0.5) is 5.69 Å². The Morgan fingerprint density at radius 1 is 1.06 bits per heavy atom. The molecule has 174 valence electrons. The number of aliphatic hydroxyl groups is 1. The van der Waals surface area contributed by atoms with Crippen molar-refractivity contribution >= 4 is 22.4 Å². The highest BCUT2D eigenvalue weighted by atomic mass is 16.3. The minimum Gasteiger partial charge on any atom is -0.392 e. The van der Waals surface area contributed by atoms with E-state index in [9.17, 15) is 15.2 Å². The highest BCUT2D eigenvalue weighted by Crippen LogP contribution is 2.32. The van der Waals surface area contributed by atoms with Crippen molar-refractivity contribution in [3.05, 3.63) is 95.8 Å². The first kappa shape index (κ1) is 22.6. The predicted molar refractivity (Wildman–Crippen MR) is 137 cm³/mol. The van der Waals surface area contributed by atoms with Crippen LogP contribution in [0.2, 0.25) is 0 Å². The molecule has 0 aliphatic carbocycles. The molecule has 4 aromatic rings. The standard InChI is InChI=1S/C29H26N4O2/c30-17-21-2-1-3-23(14-21)25-15-24-8-11-31-18-27(24)28(16-25)32-26-9-12-33(13-10-26)29(35)22-6-4-20(19-34)5-7-22/h1-8,11,14-16,18,26,32,34H,9-10,12-13,19H2. The molecule has 0 unspecified atom stereocenters. The number of nitriles is 1. The Bertz CT molecular complexity index is 1400. The Kier molecular flexibility index (Phi) is 6.42. The van der Waals surface area contributed by atoms with Crippen LogP contribution in [0.5, 0.6) is 0 Å². The maximum Gasteiger partial charge on any atom is 0.253 e. The maximum atomic E-state index is 12.9. The van der Waals surface area contributed by atoms with E-state index in [1.165, 1.54) is 0 Å². The van der Waals surface area contributed by atoms with Crippen LogP contribution >= 0.6 is 0 Å². The largest absolute Gasteiger partial charge is 0.392 e. The van der Waals surface area contributed by atoms with Crippen LogP contribution in [0.25, 0.3) is 21.9 Å². The zero-order valence-corrected chi connectivity index (χ0v) is 19.3. The van der Waals surface area contributed by atoms with Crippen molar-refractivity contribution in [1.82, 2.24) is 9.88 Å². The van der Waals surface area contributed by atoms with Crippen LogP contribution in [0.15, 0.2) is 79.1 Å². The lowest BCUT2D eigenvalue weighted by Crippen LogP contribution is -2.42. The molecule has 1 aliphatic heterocycles. The summed E-state index contributed by atoms with van der Waals surface area (Å²) in [5.41, 5.74) is 5.14. The van der Waals surface area contributed by atoms with Gasteiger partial charge < -0.3 is 15.3 Å². The number of hydrogen-bond acceptors (Lipinski definition) is 5. The van der Waals surface area contributed by atoms with Gasteiger partial charge in [-0.15, -0.1) is 0 Å². The zero-order chi connectivity index (χ0) is 24.2. The number of amides is 1. The van der Waals surface area contributed by atoms with Crippen LogP contribution in [-0.2, 0) is 6.61 Å². The van der Waals surface area contributed by atoms with Gasteiger partial charge in [0.15, 0.2) is 0 Å². The summed E-state index contributed by atoms with van der Waals surface area (Å²) in [6.07, 6.45) is 5.35. The monoisotopic (exact) mass is 462 g/mol. The number of fused-ring (bicyclic) bond motifs is 1. The number of hydrogen-bond donors (Lipinski definition) is 2. The third kappa shape index (κ3) is 4.86. The lowest BCUT2D eigenvalue weighted by molar-refractivity contribution is 0.0718. The molecule has 6 heteroatoms. The Balaban J connectivity index is 1.33. The summed E-state index contributed by atoms with van der Waals surface area (Å²) in [4.78, 5) is 19.1. The molecule has 5 rings (SSSR count). The number of pyridine rings is 1. The molecule has 1 aliphatic rings. The van der Waals surface area contributed by atoms with Crippen LogP contribution in [-0.4, -0.2) is 40.0 Å². The van der Waals surface area contributed by atoms with Gasteiger partial charge in [-0.1, -0.05) is 24.3 Å². The minimum atomic E-state index is -0.0271. The topological polar surface area (TPSA) is 89.2 Å². The van der Waals surface area contributed by atoms with Gasteiger partial charge in [-0.2, -0.15) is 5.26 Å². The third-order valence-electron chi connectivity index (χ3n) is 6.61. The van der Waals surface area contributed by atoms with Crippen molar-refractivity contribution in [2.45, 2.75) is 25.5 Å². The van der Waals surface area contributed by atoms with E-state index in [1.807, 2.05) is 41.4 Å². The first-order chi connectivity index (χ1) is 17.1. The molecule has 0 atom stereocenters. The lowest BCUT2D eigenvalue weighted by Gasteiger charge is -2.33. The summed E-state index contributed by atoms with van der Waals surface area (Å²) in [7, 11) is 0. The minimum absolute atomic E-state index is 0.0271. The van der Waals surface area contributed by atoms with Crippen molar-refractivity contribution in [3.63, 3.8) is 0 Å². The maximum absolute atomic E-state index is 12.9. The smallest absolute Gasteiger partial charge is 0.253 e. The number of nitrogens with one attached hydrogen (secondary N) is 1. The molecule has 6 nitrogen and oxygen atoms in total. The summed E-state index contributed by atoms with van der Waals surface area (Å²) in [5, 5.41) is 24.4. The second-order valence-electron chi connectivity index (χ2n) is 8.88. The molecule has 1 fully saturated rings. The molecular weight excluding hydrogens is 436 g/mol. The molecule has 2 N–H and O–H groups in total. The van der Waals surface area contributed by atoms with E-state index in [1.54, 1.807) is 30.5 Å². The van der Waals surface area contributed by atoms with Crippen molar-refractivity contribution in [3.8, 4) is 17.2 Å². The number of piperidine rings is 1. The molecule has 1 aromatic heterocycles. The predicted octanol–water partition coefficient (Wildman–Crippen LogP) is 4.98. The Morgan fingerprint density at radius 2 is 1.86 bits per heavy atom. The van der Waals surface area contributed by atoms with Crippen LogP contribution in [0, 0.1) is 11.3 Å². The quantitative estimate of drug-likeness (QED) is 0.437. The number of aromatic nitrogens is 1. The van der Waals surface area contributed by atoms with Gasteiger partial charge in [0.2, 0.25) is 0 Å². The van der Waals surface area contributed by atoms with Crippen molar-refractivity contribution in [1.29, 1.82) is 5.26 Å². The van der Waals surface area contributed by atoms with E-state index in [2.05, 4.69) is 28.5 Å². The van der Waals surface area contributed by atoms with E-state index in [0.29, 0.717) is 24.2 Å². The fourth-order valence-corrected chi connectivity index (χ4v) is 4.64. The van der Waals surface area contributed by atoms with Gasteiger partial charge in [-0.05, 0) is 77.4 Å². The number of carbonyl (C=O) groups excluding carboxylic acids is 1. The van der Waals surface area contributed by atoms with Gasteiger partial charge in [-0.3, -0.25) is 9.78 Å². The average molecular weight is 463 g/mol. The summed E-state index contributed by atoms with van der Waals surface area (Å²) >= 11 is 0. The van der Waals surface area contributed by atoms with Crippen molar-refractivity contribution in [2.24, 2.45) is 0 Å². The summed E-state index contributed by atoms with van der Waals surface area (Å²) < 4.78 is 0. The van der Waals surface area contributed by atoms with Gasteiger partial charge in [0.05, 0.1) is 18.2 Å². The molecule has 35 heavy (non-hydrogen) atoms. The van der Waals surface area contributed by atoms with E-state index >= 15 is 0 Å². The second-order valence-corrected chi connectivity index (χ2v) is 8.88. The zero-order valence-electron chi connectivity index (χ0n) is 19.3. The number of likely N-dealkylation sites (tertiary alicyclic amines) is 1. The Morgan fingerprint density at radius 3 is 2.60 bits per heavy atom. The first-order valence-corrected chi connectivity index (χ1v) is 11.8. The van der Waals surface area contributed by atoms with Gasteiger partial charge in [0.25, 0.3) is 5.91 Å². The van der Waals surface area contributed by atoms with E-state index in [-0.39, 0.29) is 18.6 Å². The highest BCUT2D eigenvalue weighted by molar-refractivity contribution is 5.97. The van der Waals surface area contributed by atoms with Crippen LogP contribution in [0.1, 0.15) is 34.3 Å². The fourth-order valence-electron chi connectivity index (χ4n) is 4.64. The van der Waals surface area contributed by atoms with Gasteiger partial charge in [0.1, 0.15) is 0 Å². The molecule has 0 bridgehead atoms. The molecule has 3 aromatic carbocycles. The normalized spacial score (nSPS) is 14.0. The molecule has 0 saturated carbocycles. The summed E-state index contributed by atoms with van der Waals surface area (Å²) in [6.45, 7) is 1.33. The second kappa shape index (κ2) is 9.96. The summed E-state index contributed by atoms with van der Waals surface area (Å²) in [6, 6.07) is 23.5. The number of benzene rings is 3. The number of rotatable bonds is 5. The Labute approximate surface area is 204 Å². The fraction of sp³-hybridized carbons (Fsp3) is 0.207. The van der Waals surface area contributed by atoms with Crippen molar-refractivity contribution in [2.75, 3.05) is 18.4 Å². The molecule has 2 heterocycles. The number of nitrogens with zero attached hydrogens (tertiary/aromatic N) is 3. The molecular formula is C29H26N4O2. The van der Waals surface area contributed by atoms with Crippen LogP contribution < -0.4 is 5.32 Å². The molecule has 0 radical (unpaired) electrons. The molecule has 1 amide bonds. The molecule has 0 spiro atoms. The lowest BCUT2D eigenvalue weighted by atomic mass is 9.98. The molecule has 1 saturated heterocycles. The van der Waals surface area contributed by atoms with E-state index in [4.69, 9.17) is 0 Å². The SMILES string of the molecule is N#Cc1cccc(-c2cc(NC3CCN(C(=O)c4ccc(CO)cc4)CC3)c3cnccc3c2)c1. The van der Waals surface area contributed by atoms with Gasteiger partial charge in [0, 0.05) is 48.2 Å². The van der Waals surface area contributed by atoms with Crippen molar-refractivity contribution < 1.29 is 9.90 Å². The number of aliphatic hydroxyl groups excluding tert-OH is 1. The number of carbonyl (C=O) groups is 1. The van der Waals surface area contributed by atoms with E-state index in [0.717, 1.165) is 46.0 Å². The first-order valence-electron chi connectivity index (χ1n) is 11.8. The number of anilines is 1. The third-order valence-corrected chi connectivity index (χ3v) is 6.61. The summed E-state index contributed by atoms with van der Waals surface area (Å²) in [5.74, 6) is 0.0296. The van der Waals surface area contributed by atoms with Gasteiger partial charge >= 0.3 is 0 Å².